The number of benzene rings is 1. The monoisotopic (exact) mass is 285 g/mol. The van der Waals surface area contributed by atoms with E-state index in [1.807, 2.05) is 24.3 Å². The van der Waals surface area contributed by atoms with E-state index in [1.54, 1.807) is 11.8 Å². The topological polar surface area (TPSA) is 49.3 Å². The summed E-state index contributed by atoms with van der Waals surface area (Å²) in [4.78, 5) is 12.2. The van der Waals surface area contributed by atoms with Crippen LogP contribution in [0.25, 0.3) is 0 Å². The highest BCUT2D eigenvalue weighted by molar-refractivity contribution is 7.99. The lowest BCUT2D eigenvalue weighted by Crippen LogP contribution is -2.38. The van der Waals surface area contributed by atoms with Gasteiger partial charge in [-0.15, -0.1) is 11.8 Å². The minimum atomic E-state index is -0.751. The molecule has 2 N–H and O–H groups in total. The zero-order chi connectivity index (χ0) is 13.0. The third-order valence-corrected chi connectivity index (χ3v) is 4.10. The molecule has 0 heterocycles. The van der Waals surface area contributed by atoms with Crippen molar-refractivity contribution in [2.24, 2.45) is 0 Å². The van der Waals surface area contributed by atoms with Gasteiger partial charge in [-0.1, -0.05) is 11.6 Å². The molecule has 0 radical (unpaired) electrons. The molecule has 2 rings (SSSR count). The highest BCUT2D eigenvalue weighted by Gasteiger charge is 2.27. The molecule has 1 aliphatic rings. The fourth-order valence-electron chi connectivity index (χ4n) is 1.64. The van der Waals surface area contributed by atoms with Crippen LogP contribution in [-0.2, 0) is 4.79 Å². The van der Waals surface area contributed by atoms with Gasteiger partial charge in [0.05, 0.1) is 0 Å². The van der Waals surface area contributed by atoms with Gasteiger partial charge in [0, 0.05) is 21.7 Å². The molecule has 0 aromatic heterocycles. The summed E-state index contributed by atoms with van der Waals surface area (Å²) in [6, 6.07) is 7.61. The first-order valence-corrected chi connectivity index (χ1v) is 7.39. The zero-order valence-corrected chi connectivity index (χ0v) is 11.5. The van der Waals surface area contributed by atoms with E-state index in [-0.39, 0.29) is 0 Å². The fraction of sp³-hybridized carbons (Fsp3) is 0.462. The average molecular weight is 286 g/mol. The van der Waals surface area contributed by atoms with Crippen molar-refractivity contribution in [1.29, 1.82) is 0 Å². The third kappa shape index (κ3) is 4.52. The van der Waals surface area contributed by atoms with Gasteiger partial charge in [-0.3, -0.25) is 4.79 Å². The van der Waals surface area contributed by atoms with Crippen molar-refractivity contribution in [3.63, 3.8) is 0 Å². The second-order valence-corrected chi connectivity index (χ2v) is 6.03. The smallest absolute Gasteiger partial charge is 0.320 e. The van der Waals surface area contributed by atoms with Gasteiger partial charge in [0.2, 0.25) is 0 Å². The first-order chi connectivity index (χ1) is 8.65. The van der Waals surface area contributed by atoms with Crippen LogP contribution in [-0.4, -0.2) is 28.9 Å². The SMILES string of the molecule is O=C(O)C(CCSc1ccc(Cl)cc1)NC1CC1. The summed E-state index contributed by atoms with van der Waals surface area (Å²) >= 11 is 7.47. The van der Waals surface area contributed by atoms with Gasteiger partial charge in [-0.25, -0.2) is 0 Å². The second kappa shape index (κ2) is 6.45. The molecule has 18 heavy (non-hydrogen) atoms. The molecule has 0 saturated heterocycles. The van der Waals surface area contributed by atoms with Crippen molar-refractivity contribution in [2.45, 2.75) is 36.2 Å². The number of thioether (sulfide) groups is 1. The van der Waals surface area contributed by atoms with Crippen molar-refractivity contribution in [2.75, 3.05) is 5.75 Å². The second-order valence-electron chi connectivity index (χ2n) is 4.42. The third-order valence-electron chi connectivity index (χ3n) is 2.80. The Morgan fingerprint density at radius 3 is 2.67 bits per heavy atom. The van der Waals surface area contributed by atoms with Gasteiger partial charge in [0.1, 0.15) is 6.04 Å². The summed E-state index contributed by atoms with van der Waals surface area (Å²) in [7, 11) is 0. The molecule has 1 aromatic carbocycles. The van der Waals surface area contributed by atoms with E-state index >= 15 is 0 Å². The van der Waals surface area contributed by atoms with Gasteiger partial charge in [0.15, 0.2) is 0 Å². The maximum absolute atomic E-state index is 11.1. The predicted molar refractivity (Wildman–Crippen MR) is 74.4 cm³/mol. The Bertz CT molecular complexity index is 406. The summed E-state index contributed by atoms with van der Waals surface area (Å²) in [5.74, 6) is 0.0387. The molecule has 98 valence electrons. The van der Waals surface area contributed by atoms with Crippen LogP contribution < -0.4 is 5.32 Å². The van der Waals surface area contributed by atoms with E-state index < -0.39 is 12.0 Å². The Labute approximate surface area is 116 Å². The Hall–Kier alpha value is -0.710. The molecule has 3 nitrogen and oxygen atoms in total. The highest BCUT2D eigenvalue weighted by atomic mass is 35.5. The van der Waals surface area contributed by atoms with Crippen molar-refractivity contribution in [3.05, 3.63) is 29.3 Å². The fourth-order valence-corrected chi connectivity index (χ4v) is 2.68. The van der Waals surface area contributed by atoms with Crippen LogP contribution in [0.4, 0.5) is 0 Å². The summed E-state index contributed by atoms with van der Waals surface area (Å²) in [5.41, 5.74) is 0. The molecule has 1 aromatic rings. The quantitative estimate of drug-likeness (QED) is 0.756. The molecule has 1 saturated carbocycles. The van der Waals surface area contributed by atoms with Gasteiger partial charge >= 0.3 is 5.97 Å². The van der Waals surface area contributed by atoms with E-state index in [2.05, 4.69) is 5.32 Å². The van der Waals surface area contributed by atoms with E-state index in [1.165, 1.54) is 0 Å². The van der Waals surface area contributed by atoms with Crippen LogP contribution in [0, 0.1) is 0 Å². The minimum Gasteiger partial charge on any atom is -0.480 e. The number of rotatable bonds is 7. The molecule has 0 spiro atoms. The standard InChI is InChI=1S/C13H16ClNO2S/c14-9-1-5-11(6-2-9)18-8-7-12(13(16)17)15-10-3-4-10/h1-2,5-6,10,12,15H,3-4,7-8H2,(H,16,17). The van der Waals surface area contributed by atoms with Crippen LogP contribution in [0.5, 0.6) is 0 Å². The molecule has 1 fully saturated rings. The molecule has 0 bridgehead atoms. The minimum absolute atomic E-state index is 0.419. The first-order valence-electron chi connectivity index (χ1n) is 6.02. The van der Waals surface area contributed by atoms with E-state index in [4.69, 9.17) is 16.7 Å². The van der Waals surface area contributed by atoms with Crippen LogP contribution in [0.2, 0.25) is 5.02 Å². The maximum Gasteiger partial charge on any atom is 0.320 e. The van der Waals surface area contributed by atoms with Crippen molar-refractivity contribution >= 4 is 29.3 Å². The number of hydrogen-bond donors (Lipinski definition) is 2. The molecule has 0 amide bonds. The normalized spacial score (nSPS) is 16.5. The molecule has 1 atom stereocenters. The number of nitrogens with one attached hydrogen (secondary N) is 1. The summed E-state index contributed by atoms with van der Waals surface area (Å²) in [6.07, 6.45) is 2.85. The number of carbonyl (C=O) groups is 1. The summed E-state index contributed by atoms with van der Waals surface area (Å²) < 4.78 is 0. The molecule has 0 aliphatic heterocycles. The van der Waals surface area contributed by atoms with Crippen LogP contribution in [0.15, 0.2) is 29.2 Å². The van der Waals surface area contributed by atoms with Gasteiger partial charge in [0.25, 0.3) is 0 Å². The predicted octanol–water partition coefficient (Wildman–Crippen LogP) is 3.03. The largest absolute Gasteiger partial charge is 0.480 e. The van der Waals surface area contributed by atoms with E-state index in [0.717, 1.165) is 28.5 Å². The number of aliphatic carboxylic acids is 1. The number of carboxylic acid groups (broad SMARTS) is 1. The molecular formula is C13H16ClNO2S. The van der Waals surface area contributed by atoms with Crippen molar-refractivity contribution < 1.29 is 9.90 Å². The summed E-state index contributed by atoms with van der Waals surface area (Å²) in [5, 5.41) is 13.0. The lowest BCUT2D eigenvalue weighted by atomic mass is 10.2. The molecule has 1 aliphatic carbocycles. The van der Waals surface area contributed by atoms with Crippen LogP contribution in [0.3, 0.4) is 0 Å². The van der Waals surface area contributed by atoms with E-state index in [0.29, 0.717) is 12.5 Å². The highest BCUT2D eigenvalue weighted by Crippen LogP contribution is 2.23. The Morgan fingerprint density at radius 1 is 1.44 bits per heavy atom. The van der Waals surface area contributed by atoms with Gasteiger partial charge < -0.3 is 10.4 Å². The lowest BCUT2D eigenvalue weighted by molar-refractivity contribution is -0.139. The van der Waals surface area contributed by atoms with Crippen LogP contribution in [0.1, 0.15) is 19.3 Å². The Morgan fingerprint density at radius 2 is 2.11 bits per heavy atom. The summed E-state index contributed by atoms with van der Waals surface area (Å²) in [6.45, 7) is 0. The van der Waals surface area contributed by atoms with Gasteiger partial charge in [-0.05, 0) is 43.5 Å². The van der Waals surface area contributed by atoms with E-state index in [9.17, 15) is 4.79 Å². The van der Waals surface area contributed by atoms with Gasteiger partial charge in [-0.2, -0.15) is 0 Å². The lowest BCUT2D eigenvalue weighted by Gasteiger charge is -2.13. The molecule has 5 heteroatoms. The Kier molecular flexibility index (Phi) is 4.92. The Balaban J connectivity index is 1.75. The average Bonchev–Trinajstić information content (AvgIpc) is 3.14. The zero-order valence-electron chi connectivity index (χ0n) is 9.93. The van der Waals surface area contributed by atoms with Crippen molar-refractivity contribution in [1.82, 2.24) is 5.32 Å². The molecule has 1 unspecified atom stereocenters. The number of carboxylic acids is 1. The number of halogens is 1. The maximum atomic E-state index is 11.1. The van der Waals surface area contributed by atoms with Crippen molar-refractivity contribution in [3.8, 4) is 0 Å². The molecular weight excluding hydrogens is 270 g/mol. The first kappa shape index (κ1) is 13.7. The number of hydrogen-bond acceptors (Lipinski definition) is 3. The van der Waals surface area contributed by atoms with Crippen LogP contribution >= 0.6 is 23.4 Å².